The summed E-state index contributed by atoms with van der Waals surface area (Å²) in [5, 5.41) is 13.7. The molecule has 4 aliphatic heterocycles. The van der Waals surface area contributed by atoms with E-state index in [0.717, 1.165) is 106 Å². The summed E-state index contributed by atoms with van der Waals surface area (Å²) in [4.78, 5) is 60.9. The first-order valence-corrected chi connectivity index (χ1v) is 22.9. The summed E-state index contributed by atoms with van der Waals surface area (Å²) < 4.78 is 47.3. The van der Waals surface area contributed by atoms with Crippen LogP contribution in [0.5, 0.6) is 0 Å². The molecular formula is C45H53F2N11O6. The van der Waals surface area contributed by atoms with Gasteiger partial charge in [0.15, 0.2) is 11.3 Å². The molecule has 2 saturated carbocycles. The Morgan fingerprint density at radius 2 is 1.81 bits per heavy atom. The van der Waals surface area contributed by atoms with Crippen molar-refractivity contribution in [2.24, 2.45) is 13.0 Å². The highest BCUT2D eigenvalue weighted by molar-refractivity contribution is 6.08. The summed E-state index contributed by atoms with van der Waals surface area (Å²) in [6, 6.07) is 7.27. The molecule has 19 heteroatoms. The Morgan fingerprint density at radius 1 is 1.00 bits per heavy atom. The minimum atomic E-state index is -2.86. The standard InChI is InChI=1S/C45H53F2N11O6/c1-53-40-32(3-2-4-35(40)58(45(53)62)36-9-10-38(59)51-44(36)61)26-17-30(18-26)64-29-11-14-54(15-12-29)21-25-5-7-27(8-6-25)57-23-34(39(52-57)41(46)47)49-43(60)33-20-48-56-16-13-37(50-42(33)56)55-22-31-19-28(55)24-63-31/h2-4,13,16,20,23,25-31,36,41H,5-12,14-15,17-19,21-22,24H2,1H3,(H,49,60)(H,51,59,61)/t25-,26?,27-,28-,30?,31-,36?/m1/s1. The van der Waals surface area contributed by atoms with Crippen LogP contribution >= 0.6 is 0 Å². The smallest absolute Gasteiger partial charge is 0.329 e. The number of piperidine rings is 2. The number of hydrogen-bond donors (Lipinski definition) is 2. The molecule has 1 aromatic carbocycles. The van der Waals surface area contributed by atoms with Gasteiger partial charge in [0.05, 0.1) is 59.9 Å². The van der Waals surface area contributed by atoms with Crippen LogP contribution in [0.1, 0.15) is 117 Å². The molecule has 6 fully saturated rings. The molecule has 2 aliphatic carbocycles. The summed E-state index contributed by atoms with van der Waals surface area (Å²) in [5.74, 6) is 0.186. The fourth-order valence-corrected chi connectivity index (χ4v) is 11.3. The zero-order valence-corrected chi connectivity index (χ0v) is 35.8. The Hall–Kier alpha value is -5.53. The molecule has 8 heterocycles. The minimum absolute atomic E-state index is 0.000166. The van der Waals surface area contributed by atoms with Gasteiger partial charge in [-0.15, -0.1) is 0 Å². The molecule has 5 aromatic rings. The average molecular weight is 882 g/mol. The van der Waals surface area contributed by atoms with Crippen molar-refractivity contribution in [3.05, 3.63) is 70.2 Å². The third-order valence-electron chi connectivity index (χ3n) is 14.8. The van der Waals surface area contributed by atoms with E-state index in [0.29, 0.717) is 24.6 Å². The van der Waals surface area contributed by atoms with Crippen molar-refractivity contribution < 1.29 is 32.6 Å². The van der Waals surface area contributed by atoms with Gasteiger partial charge in [-0.1, -0.05) is 12.1 Å². The lowest BCUT2D eigenvalue weighted by Crippen LogP contribution is -2.44. The topological polar surface area (TPSA) is 175 Å². The minimum Gasteiger partial charge on any atom is -0.375 e. The van der Waals surface area contributed by atoms with Crippen molar-refractivity contribution in [2.75, 3.05) is 43.0 Å². The van der Waals surface area contributed by atoms with Crippen LogP contribution in [0.15, 0.2) is 47.7 Å². The summed E-state index contributed by atoms with van der Waals surface area (Å²) >= 11 is 0. The molecule has 6 aliphatic rings. The highest BCUT2D eigenvalue weighted by atomic mass is 19.3. The van der Waals surface area contributed by atoms with Crippen LogP contribution in [0.3, 0.4) is 0 Å². The first-order chi connectivity index (χ1) is 31.0. The van der Waals surface area contributed by atoms with Gasteiger partial charge in [-0.3, -0.25) is 33.5 Å². The summed E-state index contributed by atoms with van der Waals surface area (Å²) in [7, 11) is 1.75. The third kappa shape index (κ3) is 7.47. The van der Waals surface area contributed by atoms with Crippen molar-refractivity contribution in [1.82, 2.24) is 43.7 Å². The van der Waals surface area contributed by atoms with E-state index in [-0.39, 0.29) is 65.6 Å². The number of aryl methyl sites for hydroxylation is 1. The Kier molecular flexibility index (Phi) is 10.6. The van der Waals surface area contributed by atoms with Gasteiger partial charge in [0.1, 0.15) is 17.4 Å². The van der Waals surface area contributed by atoms with E-state index in [1.165, 1.54) is 10.7 Å². The number of nitrogens with zero attached hydrogens (tertiary/aromatic N) is 9. The van der Waals surface area contributed by atoms with Crippen LogP contribution in [0, 0.1) is 5.92 Å². The van der Waals surface area contributed by atoms with E-state index in [1.807, 2.05) is 18.2 Å². The zero-order valence-electron chi connectivity index (χ0n) is 35.8. The molecule has 17 nitrogen and oxygen atoms in total. The van der Waals surface area contributed by atoms with Gasteiger partial charge in [0.2, 0.25) is 11.8 Å². The second-order valence-corrected chi connectivity index (χ2v) is 18.8. The number of nitrogens with one attached hydrogen (secondary N) is 2. The van der Waals surface area contributed by atoms with Gasteiger partial charge in [-0.2, -0.15) is 10.2 Å². The lowest BCUT2D eigenvalue weighted by molar-refractivity contribution is -0.135. The van der Waals surface area contributed by atoms with Crippen molar-refractivity contribution in [1.29, 1.82) is 0 Å². The Bertz CT molecular complexity index is 2670. The predicted molar refractivity (Wildman–Crippen MR) is 230 cm³/mol. The number of morpholine rings is 1. The van der Waals surface area contributed by atoms with Crippen molar-refractivity contribution in [3.63, 3.8) is 0 Å². The molecule has 338 valence electrons. The maximum Gasteiger partial charge on any atom is 0.329 e. The maximum atomic E-state index is 14.3. The van der Waals surface area contributed by atoms with E-state index in [9.17, 15) is 28.0 Å². The average Bonchev–Trinajstić information content (AvgIpc) is 4.13. The van der Waals surface area contributed by atoms with Gasteiger partial charge >= 0.3 is 5.69 Å². The number of halogens is 2. The maximum absolute atomic E-state index is 14.3. The van der Waals surface area contributed by atoms with Crippen LogP contribution in [0.2, 0.25) is 0 Å². The lowest BCUT2D eigenvalue weighted by Gasteiger charge is -2.41. The van der Waals surface area contributed by atoms with Crippen LogP contribution < -0.4 is 21.2 Å². The van der Waals surface area contributed by atoms with E-state index in [4.69, 9.17) is 14.5 Å². The van der Waals surface area contributed by atoms with E-state index >= 15 is 0 Å². The SMILES string of the molecule is Cn1c(=O)n(C2CCC(=O)NC2=O)c2cccc(C3CC(OC4CCN(C[C@H]5CC[C@H](n6cc(NC(=O)c7cnn8ccc(N9C[C@H]%10C[C@@H]9CO%10)nc78)c(C(F)F)n6)CC5)CC4)C3)c21. The van der Waals surface area contributed by atoms with Gasteiger partial charge in [0, 0.05) is 52.0 Å². The lowest BCUT2D eigenvalue weighted by atomic mass is 9.76. The van der Waals surface area contributed by atoms with Gasteiger partial charge in [-0.25, -0.2) is 23.1 Å². The van der Waals surface area contributed by atoms with Crippen molar-refractivity contribution >= 4 is 45.9 Å². The number of ether oxygens (including phenoxy) is 2. The first kappa shape index (κ1) is 41.2. The first-order valence-electron chi connectivity index (χ1n) is 22.9. The number of carbonyl (C=O) groups excluding carboxylic acids is 3. The van der Waals surface area contributed by atoms with Crippen molar-refractivity contribution in [3.8, 4) is 0 Å². The third-order valence-corrected chi connectivity index (χ3v) is 14.8. The van der Waals surface area contributed by atoms with Gasteiger partial charge in [-0.05, 0) is 93.7 Å². The Labute approximate surface area is 367 Å². The summed E-state index contributed by atoms with van der Waals surface area (Å²) in [6.45, 7) is 4.31. The van der Waals surface area contributed by atoms with E-state index in [2.05, 4.69) is 36.7 Å². The number of para-hydroxylation sites is 1. The quantitative estimate of drug-likeness (QED) is 0.173. The number of rotatable bonds is 11. The Balaban J connectivity index is 0.652. The van der Waals surface area contributed by atoms with Crippen LogP contribution in [0.4, 0.5) is 20.3 Å². The molecule has 3 atom stereocenters. The highest BCUT2D eigenvalue weighted by Gasteiger charge is 2.41. The van der Waals surface area contributed by atoms with E-state index < -0.39 is 30.0 Å². The molecule has 4 saturated heterocycles. The van der Waals surface area contributed by atoms with Crippen LogP contribution in [-0.4, -0.2) is 113 Å². The largest absolute Gasteiger partial charge is 0.375 e. The number of carbonyl (C=O) groups is 3. The number of hydrogen-bond acceptors (Lipinski definition) is 11. The number of likely N-dealkylation sites (tertiary alicyclic amines) is 1. The van der Waals surface area contributed by atoms with Crippen molar-refractivity contribution in [2.45, 2.75) is 119 Å². The molecule has 11 rings (SSSR count). The second-order valence-electron chi connectivity index (χ2n) is 18.8. The normalized spacial score (nSPS) is 27.8. The van der Waals surface area contributed by atoms with Gasteiger partial charge in [0.25, 0.3) is 12.3 Å². The zero-order chi connectivity index (χ0) is 43.8. The number of aromatic nitrogens is 7. The molecule has 0 spiro atoms. The van der Waals surface area contributed by atoms with Gasteiger partial charge < -0.3 is 24.6 Å². The number of alkyl halides is 2. The van der Waals surface area contributed by atoms with E-state index in [1.54, 1.807) is 33.3 Å². The number of fused-ring (bicyclic) bond motifs is 4. The molecule has 0 radical (unpaired) electrons. The number of benzene rings is 1. The summed E-state index contributed by atoms with van der Waals surface area (Å²) in [5.41, 5.74) is 2.51. The van der Waals surface area contributed by atoms with Crippen LogP contribution in [0.25, 0.3) is 16.7 Å². The molecule has 4 aromatic heterocycles. The fourth-order valence-electron chi connectivity index (χ4n) is 11.3. The number of anilines is 2. The summed E-state index contributed by atoms with van der Waals surface area (Å²) in [6.07, 6.45) is 11.1. The monoisotopic (exact) mass is 881 g/mol. The highest BCUT2D eigenvalue weighted by Crippen LogP contribution is 2.43. The molecule has 2 N–H and O–H groups in total. The molecule has 3 amide bonds. The number of imidazole rings is 1. The fraction of sp³-hybridized carbons (Fsp3) is 0.578. The van der Waals surface area contributed by atoms with Crippen LogP contribution in [-0.2, 0) is 26.1 Å². The number of amides is 3. The molecule has 64 heavy (non-hydrogen) atoms. The number of imide groups is 1. The molecule has 2 bridgehead atoms. The second kappa shape index (κ2) is 16.5. The Morgan fingerprint density at radius 3 is 2.55 bits per heavy atom. The predicted octanol–water partition coefficient (Wildman–Crippen LogP) is 4.88. The molecule has 1 unspecified atom stereocenters. The molecular weight excluding hydrogens is 829 g/mol.